The summed E-state index contributed by atoms with van der Waals surface area (Å²) < 4.78 is 5.85. The second kappa shape index (κ2) is 15.0. The Kier molecular flexibility index (Phi) is 12.0. The molecule has 6 nitrogen and oxygen atoms in total. The number of ether oxygens (including phenoxy) is 1. The van der Waals surface area contributed by atoms with Crippen LogP contribution < -0.4 is 20.7 Å². The van der Waals surface area contributed by atoms with Gasteiger partial charge >= 0.3 is 0 Å². The maximum atomic E-state index is 11.8. The molecule has 0 saturated heterocycles. The summed E-state index contributed by atoms with van der Waals surface area (Å²) in [5, 5.41) is 9.33. The summed E-state index contributed by atoms with van der Waals surface area (Å²) in [7, 11) is 3.40. The van der Waals surface area contributed by atoms with Crippen LogP contribution in [0.1, 0.15) is 27.0 Å². The van der Waals surface area contributed by atoms with Crippen LogP contribution in [0.15, 0.2) is 83.9 Å². The highest BCUT2D eigenvalue weighted by Gasteiger charge is 2.04. The van der Waals surface area contributed by atoms with Gasteiger partial charge in [0, 0.05) is 32.7 Å². The molecule has 180 valence electrons. The number of carbonyl (C=O) groups is 1. The first-order chi connectivity index (χ1) is 16.2. The summed E-state index contributed by atoms with van der Waals surface area (Å²) in [4.78, 5) is 16.1. The molecule has 3 aromatic carbocycles. The molecule has 0 aliphatic heterocycles. The molecule has 0 fully saturated rings. The smallest absolute Gasteiger partial charge is 0.251 e. The van der Waals surface area contributed by atoms with Gasteiger partial charge in [-0.05, 0) is 53.8 Å². The fourth-order valence-electron chi connectivity index (χ4n) is 3.38. The number of halogens is 1. The summed E-state index contributed by atoms with van der Waals surface area (Å²) >= 11 is 0. The molecule has 34 heavy (non-hydrogen) atoms. The molecular formula is C27H33IN4O2. The number of carbonyl (C=O) groups excluding carboxylic acids is 1. The van der Waals surface area contributed by atoms with E-state index in [1.54, 1.807) is 14.1 Å². The largest absolute Gasteiger partial charge is 0.489 e. The summed E-state index contributed by atoms with van der Waals surface area (Å²) in [5.74, 6) is 1.56. The van der Waals surface area contributed by atoms with Crippen LogP contribution in [-0.2, 0) is 19.4 Å². The number of rotatable bonds is 10. The fourth-order valence-corrected chi connectivity index (χ4v) is 3.38. The third kappa shape index (κ3) is 9.05. The van der Waals surface area contributed by atoms with E-state index in [0.29, 0.717) is 12.2 Å². The zero-order chi connectivity index (χ0) is 23.3. The van der Waals surface area contributed by atoms with E-state index in [-0.39, 0.29) is 29.9 Å². The van der Waals surface area contributed by atoms with Gasteiger partial charge in [-0.3, -0.25) is 9.79 Å². The van der Waals surface area contributed by atoms with E-state index >= 15 is 0 Å². The third-order valence-electron chi connectivity index (χ3n) is 5.22. The summed E-state index contributed by atoms with van der Waals surface area (Å²) in [6, 6.07) is 26.0. The van der Waals surface area contributed by atoms with Gasteiger partial charge in [0.2, 0.25) is 0 Å². The number of amides is 1. The molecule has 3 N–H and O–H groups in total. The highest BCUT2D eigenvalue weighted by atomic mass is 127. The molecule has 0 aliphatic carbocycles. The Morgan fingerprint density at radius 1 is 0.824 bits per heavy atom. The number of nitrogens with zero attached hydrogens (tertiary/aromatic N) is 1. The van der Waals surface area contributed by atoms with E-state index < -0.39 is 0 Å². The van der Waals surface area contributed by atoms with Crippen LogP contribution in [0.4, 0.5) is 0 Å². The molecule has 0 saturated carbocycles. The normalized spacial score (nSPS) is 10.7. The lowest BCUT2D eigenvalue weighted by Crippen LogP contribution is -2.39. The minimum atomic E-state index is -0.0712. The molecule has 0 spiro atoms. The van der Waals surface area contributed by atoms with Gasteiger partial charge in [0.15, 0.2) is 5.96 Å². The van der Waals surface area contributed by atoms with Crippen molar-refractivity contribution in [1.82, 2.24) is 16.0 Å². The SMILES string of the molecule is CN=C(NCCc1ccc(OCc2ccccc2)cc1)NCCc1cccc(C(=O)NC)c1.I. The average Bonchev–Trinajstić information content (AvgIpc) is 2.87. The number of hydrogen-bond donors (Lipinski definition) is 3. The average molecular weight is 572 g/mol. The minimum absolute atomic E-state index is 0. The van der Waals surface area contributed by atoms with Gasteiger partial charge in [-0.2, -0.15) is 0 Å². The van der Waals surface area contributed by atoms with Gasteiger partial charge in [0.25, 0.3) is 5.91 Å². The van der Waals surface area contributed by atoms with E-state index in [2.05, 4.69) is 45.2 Å². The standard InChI is InChI=1S/C27H32N4O2.HI/c1-28-26(32)24-10-6-9-22(19-24)16-18-31-27(29-2)30-17-15-21-11-13-25(14-12-21)33-20-23-7-4-3-5-8-23;/h3-14,19H,15-18,20H2,1-2H3,(H,28,32)(H2,29,30,31);1H. The molecule has 0 aromatic heterocycles. The van der Waals surface area contributed by atoms with Crippen LogP contribution in [0.25, 0.3) is 0 Å². The number of aliphatic imine (C=N–C) groups is 1. The summed E-state index contributed by atoms with van der Waals surface area (Å²) in [5.41, 5.74) is 4.17. The lowest BCUT2D eigenvalue weighted by molar-refractivity contribution is 0.0963. The molecule has 3 rings (SSSR count). The number of nitrogens with one attached hydrogen (secondary N) is 3. The Hall–Kier alpha value is -3.07. The Morgan fingerprint density at radius 2 is 1.47 bits per heavy atom. The zero-order valence-electron chi connectivity index (χ0n) is 19.7. The predicted molar refractivity (Wildman–Crippen MR) is 149 cm³/mol. The highest BCUT2D eigenvalue weighted by Crippen LogP contribution is 2.14. The van der Waals surface area contributed by atoms with Crippen LogP contribution in [-0.4, -0.2) is 39.1 Å². The van der Waals surface area contributed by atoms with Crippen LogP contribution in [0.3, 0.4) is 0 Å². The van der Waals surface area contributed by atoms with Gasteiger partial charge in [0.05, 0.1) is 0 Å². The van der Waals surface area contributed by atoms with Crippen molar-refractivity contribution in [2.75, 3.05) is 27.2 Å². The molecule has 0 bridgehead atoms. The quantitative estimate of drug-likeness (QED) is 0.194. The molecule has 0 aliphatic rings. The molecule has 7 heteroatoms. The number of hydrogen-bond acceptors (Lipinski definition) is 3. The molecule has 0 heterocycles. The molecule has 0 radical (unpaired) electrons. The number of guanidine groups is 1. The van der Waals surface area contributed by atoms with Gasteiger partial charge in [-0.15, -0.1) is 24.0 Å². The van der Waals surface area contributed by atoms with Gasteiger partial charge in [0.1, 0.15) is 12.4 Å². The van der Waals surface area contributed by atoms with Gasteiger partial charge < -0.3 is 20.7 Å². The monoisotopic (exact) mass is 572 g/mol. The third-order valence-corrected chi connectivity index (χ3v) is 5.22. The zero-order valence-corrected chi connectivity index (χ0v) is 22.0. The maximum Gasteiger partial charge on any atom is 0.251 e. The Bertz CT molecular complexity index is 1040. The Morgan fingerprint density at radius 3 is 2.12 bits per heavy atom. The topological polar surface area (TPSA) is 74.8 Å². The lowest BCUT2D eigenvalue weighted by atomic mass is 10.1. The first kappa shape index (κ1) is 27.2. The summed E-state index contributed by atoms with van der Waals surface area (Å²) in [6.45, 7) is 2.07. The second-order valence-electron chi connectivity index (χ2n) is 7.62. The number of benzene rings is 3. The minimum Gasteiger partial charge on any atom is -0.489 e. The van der Waals surface area contributed by atoms with E-state index in [4.69, 9.17) is 4.74 Å². The van der Waals surface area contributed by atoms with E-state index in [0.717, 1.165) is 48.8 Å². The van der Waals surface area contributed by atoms with E-state index in [1.165, 1.54) is 5.56 Å². The molecule has 3 aromatic rings. The van der Waals surface area contributed by atoms with Gasteiger partial charge in [-0.1, -0.05) is 54.6 Å². The van der Waals surface area contributed by atoms with Crippen LogP contribution >= 0.6 is 24.0 Å². The first-order valence-corrected chi connectivity index (χ1v) is 11.2. The first-order valence-electron chi connectivity index (χ1n) is 11.2. The molecule has 0 unspecified atom stereocenters. The van der Waals surface area contributed by atoms with Crippen molar-refractivity contribution in [2.24, 2.45) is 4.99 Å². The van der Waals surface area contributed by atoms with Crippen molar-refractivity contribution < 1.29 is 9.53 Å². The second-order valence-corrected chi connectivity index (χ2v) is 7.62. The van der Waals surface area contributed by atoms with Crippen molar-refractivity contribution in [3.63, 3.8) is 0 Å². The van der Waals surface area contributed by atoms with Gasteiger partial charge in [-0.25, -0.2) is 0 Å². The fraction of sp³-hybridized carbons (Fsp3) is 0.259. The summed E-state index contributed by atoms with van der Waals surface area (Å²) in [6.07, 6.45) is 1.68. The van der Waals surface area contributed by atoms with Crippen molar-refractivity contribution in [3.05, 3.63) is 101 Å². The van der Waals surface area contributed by atoms with Crippen LogP contribution in [0.5, 0.6) is 5.75 Å². The van der Waals surface area contributed by atoms with E-state index in [1.807, 2.05) is 54.6 Å². The highest BCUT2D eigenvalue weighted by molar-refractivity contribution is 14.0. The molecular weight excluding hydrogens is 539 g/mol. The lowest BCUT2D eigenvalue weighted by Gasteiger charge is -2.12. The van der Waals surface area contributed by atoms with Crippen LogP contribution in [0.2, 0.25) is 0 Å². The van der Waals surface area contributed by atoms with Crippen molar-refractivity contribution in [1.29, 1.82) is 0 Å². The molecule has 0 atom stereocenters. The predicted octanol–water partition coefficient (Wildman–Crippen LogP) is 4.19. The van der Waals surface area contributed by atoms with Crippen LogP contribution in [0, 0.1) is 0 Å². The Balaban J connectivity index is 0.00000408. The van der Waals surface area contributed by atoms with E-state index in [9.17, 15) is 4.79 Å². The maximum absolute atomic E-state index is 11.8. The van der Waals surface area contributed by atoms with Crippen molar-refractivity contribution in [3.8, 4) is 5.75 Å². The molecule has 1 amide bonds. The Labute approximate surface area is 219 Å². The van der Waals surface area contributed by atoms with Crippen molar-refractivity contribution >= 4 is 35.8 Å². The van der Waals surface area contributed by atoms with Crippen molar-refractivity contribution in [2.45, 2.75) is 19.4 Å².